The number of piperidine rings is 1. The Morgan fingerprint density at radius 1 is 1.00 bits per heavy atom. The lowest BCUT2D eigenvalue weighted by Gasteiger charge is -2.62. The number of hydrogen-bond acceptors (Lipinski definition) is 3. The summed E-state index contributed by atoms with van der Waals surface area (Å²) in [5.41, 5.74) is 2.46. The summed E-state index contributed by atoms with van der Waals surface area (Å²) in [5, 5.41) is 0. The van der Waals surface area contributed by atoms with Gasteiger partial charge in [-0.25, -0.2) is 0 Å². The lowest BCUT2D eigenvalue weighted by Crippen LogP contribution is -2.59. The minimum atomic E-state index is -0.108. The van der Waals surface area contributed by atoms with Crippen LogP contribution in [0.1, 0.15) is 125 Å². The molecule has 4 fully saturated rings. The van der Waals surface area contributed by atoms with Gasteiger partial charge in [-0.1, -0.05) is 72.0 Å². The highest BCUT2D eigenvalue weighted by Crippen LogP contribution is 2.68. The van der Waals surface area contributed by atoms with Crippen LogP contribution < -0.4 is 0 Å². The summed E-state index contributed by atoms with van der Waals surface area (Å²) in [6, 6.07) is 0.601. The van der Waals surface area contributed by atoms with Crippen LogP contribution in [-0.2, 0) is 9.53 Å². The third kappa shape index (κ3) is 5.21. The van der Waals surface area contributed by atoms with Crippen molar-refractivity contribution >= 4 is 5.97 Å². The molecule has 37 heavy (non-hydrogen) atoms. The fraction of sp³-hybridized carbons (Fsp3) is 0.912. The number of ether oxygens (including phenoxy) is 1. The molecule has 0 aromatic heterocycles. The first-order valence-corrected chi connectivity index (χ1v) is 16.3. The van der Waals surface area contributed by atoms with E-state index in [9.17, 15) is 4.79 Å². The summed E-state index contributed by atoms with van der Waals surface area (Å²) in [6.45, 7) is 16.8. The highest BCUT2D eigenvalue weighted by molar-refractivity contribution is 5.66. The maximum absolute atomic E-state index is 11.8. The monoisotopic (exact) mass is 511 g/mol. The average molecular weight is 512 g/mol. The fourth-order valence-corrected chi connectivity index (χ4v) is 10.5. The van der Waals surface area contributed by atoms with Crippen molar-refractivity contribution in [3.8, 4) is 0 Å². The molecule has 3 nitrogen and oxygen atoms in total. The van der Waals surface area contributed by atoms with Gasteiger partial charge < -0.3 is 4.74 Å². The molecule has 3 saturated carbocycles. The molecule has 0 spiro atoms. The quantitative estimate of drug-likeness (QED) is 0.254. The minimum absolute atomic E-state index is 0.0896. The summed E-state index contributed by atoms with van der Waals surface area (Å²) in [4.78, 5) is 14.7. The van der Waals surface area contributed by atoms with Crippen molar-refractivity contribution in [1.82, 2.24) is 4.90 Å². The average Bonchev–Trinajstić information content (AvgIpc) is 3.21. The van der Waals surface area contributed by atoms with Crippen LogP contribution in [0.3, 0.4) is 0 Å². The standard InChI is InChI=1S/C34H57NO2/c1-23(2)11-10-12-24(3)28-13-14-29-32-30(16-18-34(28,29)6)33(5)17-15-27(37-25(4)36)21-26(33)22-31(32)35-19-8-7-9-20-35/h22-24,27-32H,7-21H2,1-6H3/t24?,27?,28?,29?,30?,31-,32?,33?,34?/m1/s1. The molecule has 0 bridgehead atoms. The second-order valence-electron chi connectivity index (χ2n) is 15.0. The molecule has 1 aliphatic heterocycles. The molecule has 1 saturated heterocycles. The third-order valence-corrected chi connectivity index (χ3v) is 12.4. The van der Waals surface area contributed by atoms with Crippen molar-refractivity contribution in [2.24, 2.45) is 46.3 Å². The molecule has 3 heteroatoms. The summed E-state index contributed by atoms with van der Waals surface area (Å²) in [7, 11) is 0. The first-order chi connectivity index (χ1) is 17.6. The van der Waals surface area contributed by atoms with E-state index in [1.807, 2.05) is 0 Å². The molecule has 210 valence electrons. The number of nitrogens with zero attached hydrogens (tertiary/aromatic N) is 1. The molecule has 5 rings (SSSR count). The van der Waals surface area contributed by atoms with E-state index >= 15 is 0 Å². The van der Waals surface area contributed by atoms with Crippen LogP contribution in [-0.4, -0.2) is 36.1 Å². The smallest absolute Gasteiger partial charge is 0.302 e. The Morgan fingerprint density at radius 2 is 1.76 bits per heavy atom. The fourth-order valence-electron chi connectivity index (χ4n) is 10.5. The van der Waals surface area contributed by atoms with E-state index in [2.05, 4.69) is 45.6 Å². The molecule has 5 aliphatic rings. The van der Waals surface area contributed by atoms with E-state index in [1.165, 1.54) is 83.7 Å². The number of esters is 1. The number of rotatable bonds is 7. The van der Waals surface area contributed by atoms with Gasteiger partial charge in [0, 0.05) is 19.4 Å². The number of carbonyl (C=O) groups is 1. The Kier molecular flexibility index (Phi) is 8.22. The highest BCUT2D eigenvalue weighted by Gasteiger charge is 2.61. The molecular formula is C34H57NO2. The third-order valence-electron chi connectivity index (χ3n) is 12.4. The van der Waals surface area contributed by atoms with E-state index < -0.39 is 0 Å². The van der Waals surface area contributed by atoms with Crippen LogP contribution in [0.15, 0.2) is 11.6 Å². The van der Waals surface area contributed by atoms with Crippen LogP contribution in [0.25, 0.3) is 0 Å². The van der Waals surface area contributed by atoms with Gasteiger partial charge in [-0.15, -0.1) is 0 Å². The van der Waals surface area contributed by atoms with Gasteiger partial charge in [0.05, 0.1) is 0 Å². The number of likely N-dealkylation sites (tertiary alicyclic amines) is 1. The number of fused-ring (bicyclic) bond motifs is 5. The predicted molar refractivity (Wildman–Crippen MR) is 153 cm³/mol. The summed E-state index contributed by atoms with van der Waals surface area (Å²) < 4.78 is 5.78. The van der Waals surface area contributed by atoms with E-state index in [0.717, 1.165) is 48.3 Å². The Hall–Kier alpha value is -0.830. The van der Waals surface area contributed by atoms with Gasteiger partial charge in [-0.3, -0.25) is 9.69 Å². The van der Waals surface area contributed by atoms with Gasteiger partial charge in [0.15, 0.2) is 0 Å². The first kappa shape index (κ1) is 27.7. The Balaban J connectivity index is 1.43. The lowest BCUT2D eigenvalue weighted by atomic mass is 9.45. The second-order valence-corrected chi connectivity index (χ2v) is 15.0. The van der Waals surface area contributed by atoms with E-state index in [1.54, 1.807) is 12.5 Å². The lowest BCUT2D eigenvalue weighted by molar-refractivity contribution is -0.149. The normalized spacial score (nSPS) is 42.9. The molecule has 9 atom stereocenters. The maximum atomic E-state index is 11.8. The molecule has 8 unspecified atom stereocenters. The van der Waals surface area contributed by atoms with E-state index in [0.29, 0.717) is 16.9 Å². The minimum Gasteiger partial charge on any atom is -0.462 e. The van der Waals surface area contributed by atoms with Crippen LogP contribution in [0.4, 0.5) is 0 Å². The zero-order valence-corrected chi connectivity index (χ0v) is 25.1. The zero-order valence-electron chi connectivity index (χ0n) is 25.1. The number of hydrogen-bond donors (Lipinski definition) is 0. The van der Waals surface area contributed by atoms with Gasteiger partial charge in [0.1, 0.15) is 6.10 Å². The Labute approximate surface area is 228 Å². The van der Waals surface area contributed by atoms with Gasteiger partial charge in [-0.2, -0.15) is 0 Å². The van der Waals surface area contributed by atoms with Crippen molar-refractivity contribution in [2.75, 3.05) is 13.1 Å². The second kappa shape index (κ2) is 11.0. The largest absolute Gasteiger partial charge is 0.462 e. The SMILES string of the molecule is CC(=O)OC1CCC2(C)C(=C[C@@H](N3CCCCC3)C3C2CCC2(C)C(C(C)CCCC(C)C)CCC32)C1. The van der Waals surface area contributed by atoms with Crippen LogP contribution in [0.5, 0.6) is 0 Å². The molecule has 0 amide bonds. The van der Waals surface area contributed by atoms with Gasteiger partial charge in [0.25, 0.3) is 0 Å². The number of carbonyl (C=O) groups excluding carboxylic acids is 1. The maximum Gasteiger partial charge on any atom is 0.302 e. The summed E-state index contributed by atoms with van der Waals surface area (Å²) in [5.74, 6) is 4.97. The summed E-state index contributed by atoms with van der Waals surface area (Å²) >= 11 is 0. The molecule has 0 aromatic carbocycles. The molecule has 0 radical (unpaired) electrons. The molecule has 0 aromatic rings. The predicted octanol–water partition coefficient (Wildman–Crippen LogP) is 8.42. The van der Waals surface area contributed by atoms with E-state index in [4.69, 9.17) is 4.74 Å². The van der Waals surface area contributed by atoms with E-state index in [-0.39, 0.29) is 12.1 Å². The molecular weight excluding hydrogens is 454 g/mol. The van der Waals surface area contributed by atoms with Crippen LogP contribution >= 0.6 is 0 Å². The van der Waals surface area contributed by atoms with Gasteiger partial charge in [0.2, 0.25) is 0 Å². The van der Waals surface area contributed by atoms with Gasteiger partial charge >= 0.3 is 5.97 Å². The Morgan fingerprint density at radius 3 is 2.46 bits per heavy atom. The van der Waals surface area contributed by atoms with Crippen LogP contribution in [0, 0.1) is 46.3 Å². The van der Waals surface area contributed by atoms with Crippen molar-refractivity contribution < 1.29 is 9.53 Å². The van der Waals surface area contributed by atoms with Crippen LogP contribution in [0.2, 0.25) is 0 Å². The van der Waals surface area contributed by atoms with Crippen molar-refractivity contribution in [2.45, 2.75) is 137 Å². The molecule has 1 heterocycles. The Bertz CT molecular complexity index is 843. The van der Waals surface area contributed by atoms with Crippen molar-refractivity contribution in [3.63, 3.8) is 0 Å². The highest BCUT2D eigenvalue weighted by atomic mass is 16.5. The zero-order chi connectivity index (χ0) is 26.4. The van der Waals surface area contributed by atoms with Gasteiger partial charge in [-0.05, 0) is 111 Å². The topological polar surface area (TPSA) is 29.5 Å². The van der Waals surface area contributed by atoms with Crippen molar-refractivity contribution in [3.05, 3.63) is 11.6 Å². The van der Waals surface area contributed by atoms with Crippen molar-refractivity contribution in [1.29, 1.82) is 0 Å². The summed E-state index contributed by atoms with van der Waals surface area (Å²) in [6.07, 6.45) is 20.2. The molecule has 0 N–H and O–H groups in total. The molecule has 4 aliphatic carbocycles. The first-order valence-electron chi connectivity index (χ1n) is 16.3.